The number of rotatable bonds is 5. The van der Waals surface area contributed by atoms with Crippen LogP contribution in [0.25, 0.3) is 0 Å². The predicted octanol–water partition coefficient (Wildman–Crippen LogP) is 5.13. The first kappa shape index (κ1) is 18.5. The molecule has 6 heteroatoms. The highest BCUT2D eigenvalue weighted by atomic mass is 35.5. The summed E-state index contributed by atoms with van der Waals surface area (Å²) in [5.41, 5.74) is 2.38. The Morgan fingerprint density at radius 3 is 2.35 bits per heavy atom. The molecule has 0 saturated carbocycles. The van der Waals surface area contributed by atoms with Crippen molar-refractivity contribution in [2.45, 2.75) is 38.5 Å². The van der Waals surface area contributed by atoms with Gasteiger partial charge in [-0.05, 0) is 68.7 Å². The quantitative estimate of drug-likeness (QED) is 0.761. The first-order chi connectivity index (χ1) is 12.3. The van der Waals surface area contributed by atoms with E-state index < -0.39 is 11.8 Å². The molecule has 0 radical (unpaired) electrons. The Morgan fingerprint density at radius 2 is 1.77 bits per heavy atom. The van der Waals surface area contributed by atoms with Gasteiger partial charge in [-0.15, -0.1) is 0 Å². The number of halogens is 1. The van der Waals surface area contributed by atoms with E-state index in [0.29, 0.717) is 11.6 Å². The van der Waals surface area contributed by atoms with Crippen LogP contribution in [0.1, 0.15) is 25.8 Å². The maximum atomic E-state index is 11.5. The molecule has 1 aliphatic rings. The molecule has 0 aliphatic carbocycles. The van der Waals surface area contributed by atoms with Gasteiger partial charge in [0.25, 0.3) is 0 Å². The molecule has 2 N–H and O–H groups in total. The summed E-state index contributed by atoms with van der Waals surface area (Å²) in [5.74, 6) is 0. The zero-order valence-electron chi connectivity index (χ0n) is 14.9. The Kier molecular flexibility index (Phi) is 5.39. The molecule has 0 aromatic heterocycles. The molecule has 0 bridgehead atoms. The lowest BCUT2D eigenvalue weighted by molar-refractivity contribution is -0.0421. The van der Waals surface area contributed by atoms with Crippen molar-refractivity contribution >= 4 is 29.1 Å². The Labute approximate surface area is 158 Å². The molecule has 1 atom stereocenters. The largest absolute Gasteiger partial charge is 0.465 e. The van der Waals surface area contributed by atoms with Crippen LogP contribution in [0, 0.1) is 0 Å². The van der Waals surface area contributed by atoms with Crippen molar-refractivity contribution in [1.82, 2.24) is 4.90 Å². The summed E-state index contributed by atoms with van der Waals surface area (Å²) in [6.07, 6.45) is 0.606. The van der Waals surface area contributed by atoms with Gasteiger partial charge >= 0.3 is 6.09 Å². The molecule has 1 aliphatic heterocycles. The van der Waals surface area contributed by atoms with E-state index in [9.17, 15) is 9.90 Å². The van der Waals surface area contributed by atoms with E-state index in [2.05, 4.69) is 17.4 Å². The van der Waals surface area contributed by atoms with Crippen LogP contribution in [0.2, 0.25) is 5.02 Å². The average Bonchev–Trinajstić information content (AvgIpc) is 2.91. The average molecular weight is 375 g/mol. The van der Waals surface area contributed by atoms with Crippen LogP contribution in [-0.4, -0.2) is 34.5 Å². The van der Waals surface area contributed by atoms with Crippen molar-refractivity contribution in [3.05, 3.63) is 59.1 Å². The Hall–Kier alpha value is -2.24. The van der Waals surface area contributed by atoms with Gasteiger partial charge in [-0.3, -0.25) is 4.90 Å². The third-order valence-electron chi connectivity index (χ3n) is 4.63. The van der Waals surface area contributed by atoms with Crippen LogP contribution >= 0.6 is 11.6 Å². The van der Waals surface area contributed by atoms with Crippen LogP contribution in [-0.2, 0) is 11.2 Å². The van der Waals surface area contributed by atoms with Crippen LogP contribution in [0.15, 0.2) is 48.5 Å². The molecule has 2 aromatic carbocycles. The van der Waals surface area contributed by atoms with Gasteiger partial charge in [0.15, 0.2) is 0 Å². The fraction of sp³-hybridized carbons (Fsp3) is 0.350. The Morgan fingerprint density at radius 1 is 1.19 bits per heavy atom. The second-order valence-electron chi connectivity index (χ2n) is 6.93. The molecule has 3 rings (SSSR count). The third-order valence-corrected chi connectivity index (χ3v) is 4.89. The molecular weight excluding hydrogens is 352 g/mol. The normalized spacial score (nSPS) is 18.7. The number of nitrogens with one attached hydrogen (secondary N) is 1. The number of aryl methyl sites for hydroxylation is 1. The smallest absolute Gasteiger partial charge is 0.409 e. The third kappa shape index (κ3) is 4.29. The maximum absolute atomic E-state index is 11.5. The highest BCUT2D eigenvalue weighted by Crippen LogP contribution is 2.29. The van der Waals surface area contributed by atoms with E-state index in [0.717, 1.165) is 24.2 Å². The van der Waals surface area contributed by atoms with Gasteiger partial charge in [0.2, 0.25) is 0 Å². The molecule has 138 valence electrons. The second-order valence-corrected chi connectivity index (χ2v) is 7.37. The first-order valence-electron chi connectivity index (χ1n) is 8.63. The van der Waals surface area contributed by atoms with Gasteiger partial charge in [-0.2, -0.15) is 0 Å². The van der Waals surface area contributed by atoms with Crippen LogP contribution in [0.4, 0.5) is 16.2 Å². The SMILES string of the molecule is CC1(C)OC[C@H](CCc2ccc(Nc3ccc(Cl)cc3)cc2)N1C(=O)O. The van der Waals surface area contributed by atoms with Gasteiger partial charge < -0.3 is 15.2 Å². The molecular formula is C20H23ClN2O3. The number of hydrogen-bond donors (Lipinski definition) is 2. The van der Waals surface area contributed by atoms with E-state index >= 15 is 0 Å². The van der Waals surface area contributed by atoms with Gasteiger partial charge in [-0.1, -0.05) is 23.7 Å². The lowest BCUT2D eigenvalue weighted by atomic mass is 10.0. The Bertz CT molecular complexity index is 760. The minimum Gasteiger partial charge on any atom is -0.465 e. The van der Waals surface area contributed by atoms with Gasteiger partial charge in [-0.25, -0.2) is 4.79 Å². The minimum atomic E-state index is -0.931. The second kappa shape index (κ2) is 7.56. The summed E-state index contributed by atoms with van der Waals surface area (Å²) in [4.78, 5) is 12.9. The maximum Gasteiger partial charge on any atom is 0.409 e. The van der Waals surface area contributed by atoms with E-state index in [1.54, 1.807) is 13.8 Å². The fourth-order valence-electron chi connectivity index (χ4n) is 3.27. The highest BCUT2D eigenvalue weighted by molar-refractivity contribution is 6.30. The molecule has 2 aromatic rings. The molecule has 0 unspecified atom stereocenters. The van der Waals surface area contributed by atoms with Gasteiger partial charge in [0.05, 0.1) is 12.6 Å². The predicted molar refractivity (Wildman–Crippen MR) is 103 cm³/mol. The highest BCUT2D eigenvalue weighted by Gasteiger charge is 2.43. The van der Waals surface area contributed by atoms with Crippen molar-refractivity contribution in [2.24, 2.45) is 0 Å². The topological polar surface area (TPSA) is 61.8 Å². The molecule has 1 amide bonds. The summed E-state index contributed by atoms with van der Waals surface area (Å²) in [7, 11) is 0. The van der Waals surface area contributed by atoms with Gasteiger partial charge in [0.1, 0.15) is 5.72 Å². The number of ether oxygens (including phenoxy) is 1. The van der Waals surface area contributed by atoms with Crippen LogP contribution in [0.5, 0.6) is 0 Å². The number of carboxylic acid groups (broad SMARTS) is 1. The van der Waals surface area contributed by atoms with E-state index in [4.69, 9.17) is 16.3 Å². The number of nitrogens with zero attached hydrogens (tertiary/aromatic N) is 1. The van der Waals surface area contributed by atoms with Gasteiger partial charge in [0, 0.05) is 16.4 Å². The number of hydrogen-bond acceptors (Lipinski definition) is 3. The summed E-state index contributed by atoms with van der Waals surface area (Å²) in [5, 5.41) is 13.5. The molecule has 0 spiro atoms. The molecule has 5 nitrogen and oxygen atoms in total. The number of carbonyl (C=O) groups is 1. The Balaban J connectivity index is 1.58. The van der Waals surface area contributed by atoms with Crippen LogP contribution in [0.3, 0.4) is 0 Å². The number of amides is 1. The zero-order chi connectivity index (χ0) is 18.7. The van der Waals surface area contributed by atoms with E-state index in [-0.39, 0.29) is 6.04 Å². The molecule has 1 fully saturated rings. The summed E-state index contributed by atoms with van der Waals surface area (Å²) in [6.45, 7) is 4.02. The summed E-state index contributed by atoms with van der Waals surface area (Å²) >= 11 is 5.89. The molecule has 26 heavy (non-hydrogen) atoms. The van der Waals surface area contributed by atoms with Crippen molar-refractivity contribution in [2.75, 3.05) is 11.9 Å². The monoisotopic (exact) mass is 374 g/mol. The molecule has 1 saturated heterocycles. The van der Waals surface area contributed by atoms with Crippen molar-refractivity contribution in [1.29, 1.82) is 0 Å². The lowest BCUT2D eigenvalue weighted by Gasteiger charge is -2.31. The molecule has 1 heterocycles. The van der Waals surface area contributed by atoms with E-state index in [1.165, 1.54) is 10.5 Å². The standard InChI is InChI=1S/C20H23ClN2O3/c1-20(2)23(19(24)25)18(13-26-20)12-5-14-3-8-16(9-4-14)22-17-10-6-15(21)7-11-17/h3-4,6-11,18,22H,5,12-13H2,1-2H3,(H,24,25)/t18-/m0/s1. The first-order valence-corrected chi connectivity index (χ1v) is 9.01. The fourth-order valence-corrected chi connectivity index (χ4v) is 3.40. The lowest BCUT2D eigenvalue weighted by Crippen LogP contribution is -2.47. The van der Waals surface area contributed by atoms with E-state index in [1.807, 2.05) is 36.4 Å². The van der Waals surface area contributed by atoms with Crippen molar-refractivity contribution in [3.63, 3.8) is 0 Å². The minimum absolute atomic E-state index is 0.116. The van der Waals surface area contributed by atoms with Crippen molar-refractivity contribution < 1.29 is 14.6 Å². The summed E-state index contributed by atoms with van der Waals surface area (Å²) < 4.78 is 5.63. The number of benzene rings is 2. The zero-order valence-corrected chi connectivity index (χ0v) is 15.7. The number of anilines is 2. The van der Waals surface area contributed by atoms with Crippen molar-refractivity contribution in [3.8, 4) is 0 Å². The summed E-state index contributed by atoms with van der Waals surface area (Å²) in [6, 6.07) is 15.6. The van der Waals surface area contributed by atoms with Crippen LogP contribution < -0.4 is 5.32 Å².